The SMILES string of the molecule is CSCC(=O)NCC(CC(C)C)N1CCOCC1. The Balaban J connectivity index is 2.41. The van der Waals surface area contributed by atoms with Gasteiger partial charge in [0.1, 0.15) is 0 Å². The maximum Gasteiger partial charge on any atom is 0.230 e. The van der Waals surface area contributed by atoms with Gasteiger partial charge in [-0.15, -0.1) is 0 Å². The number of ether oxygens (including phenoxy) is 1. The highest BCUT2D eigenvalue weighted by Gasteiger charge is 2.22. The van der Waals surface area contributed by atoms with E-state index in [0.29, 0.717) is 17.7 Å². The maximum absolute atomic E-state index is 11.5. The van der Waals surface area contributed by atoms with Gasteiger partial charge in [-0.2, -0.15) is 11.8 Å². The summed E-state index contributed by atoms with van der Waals surface area (Å²) in [6.45, 7) is 8.82. The van der Waals surface area contributed by atoms with Crippen LogP contribution in [-0.2, 0) is 9.53 Å². The molecule has 1 N–H and O–H groups in total. The number of thioether (sulfide) groups is 1. The van der Waals surface area contributed by atoms with Crippen LogP contribution in [0.5, 0.6) is 0 Å². The molecule has 0 aromatic carbocycles. The largest absolute Gasteiger partial charge is 0.379 e. The summed E-state index contributed by atoms with van der Waals surface area (Å²) in [7, 11) is 0. The zero-order valence-electron chi connectivity index (χ0n) is 11.8. The van der Waals surface area contributed by atoms with E-state index in [9.17, 15) is 4.79 Å². The molecule has 18 heavy (non-hydrogen) atoms. The monoisotopic (exact) mass is 274 g/mol. The molecule has 0 saturated carbocycles. The number of carbonyl (C=O) groups excluding carboxylic acids is 1. The molecule has 0 aliphatic carbocycles. The van der Waals surface area contributed by atoms with Crippen molar-refractivity contribution in [1.82, 2.24) is 10.2 Å². The van der Waals surface area contributed by atoms with Crippen LogP contribution in [0.15, 0.2) is 0 Å². The quantitative estimate of drug-likeness (QED) is 0.758. The topological polar surface area (TPSA) is 41.6 Å². The number of nitrogens with one attached hydrogen (secondary N) is 1. The van der Waals surface area contributed by atoms with E-state index in [1.807, 2.05) is 6.26 Å². The highest BCUT2D eigenvalue weighted by molar-refractivity contribution is 7.99. The molecule has 106 valence electrons. The summed E-state index contributed by atoms with van der Waals surface area (Å²) < 4.78 is 5.39. The Kier molecular flexibility index (Phi) is 7.70. The van der Waals surface area contributed by atoms with Crippen molar-refractivity contribution in [2.24, 2.45) is 5.92 Å². The molecular weight excluding hydrogens is 248 g/mol. The van der Waals surface area contributed by atoms with E-state index < -0.39 is 0 Å². The molecule has 1 unspecified atom stereocenters. The molecule has 4 nitrogen and oxygen atoms in total. The lowest BCUT2D eigenvalue weighted by Gasteiger charge is -2.35. The lowest BCUT2D eigenvalue weighted by molar-refractivity contribution is -0.118. The minimum absolute atomic E-state index is 0.143. The van der Waals surface area contributed by atoms with Crippen molar-refractivity contribution < 1.29 is 9.53 Å². The van der Waals surface area contributed by atoms with Crippen molar-refractivity contribution in [3.05, 3.63) is 0 Å². The Morgan fingerprint density at radius 3 is 2.61 bits per heavy atom. The number of amides is 1. The summed E-state index contributed by atoms with van der Waals surface area (Å²) in [5.41, 5.74) is 0. The lowest BCUT2D eigenvalue weighted by atomic mass is 10.0. The average Bonchev–Trinajstić information content (AvgIpc) is 2.35. The van der Waals surface area contributed by atoms with E-state index in [1.165, 1.54) is 0 Å². The molecule has 1 rings (SSSR count). The van der Waals surface area contributed by atoms with Crippen molar-refractivity contribution in [3.8, 4) is 0 Å². The molecule has 1 heterocycles. The van der Waals surface area contributed by atoms with E-state index in [4.69, 9.17) is 4.74 Å². The predicted molar refractivity (Wildman–Crippen MR) is 77.0 cm³/mol. The molecular formula is C13H26N2O2S. The van der Waals surface area contributed by atoms with Gasteiger partial charge in [0.05, 0.1) is 19.0 Å². The highest BCUT2D eigenvalue weighted by atomic mass is 32.2. The molecule has 1 amide bonds. The van der Waals surface area contributed by atoms with E-state index in [0.717, 1.165) is 39.3 Å². The van der Waals surface area contributed by atoms with Crippen LogP contribution in [0.3, 0.4) is 0 Å². The van der Waals surface area contributed by atoms with E-state index in [-0.39, 0.29) is 5.91 Å². The Morgan fingerprint density at radius 2 is 2.06 bits per heavy atom. The number of morpholine rings is 1. The molecule has 5 heteroatoms. The van der Waals surface area contributed by atoms with E-state index in [2.05, 4.69) is 24.1 Å². The van der Waals surface area contributed by atoms with Gasteiger partial charge in [0.15, 0.2) is 0 Å². The van der Waals surface area contributed by atoms with Crippen LogP contribution in [0.2, 0.25) is 0 Å². The Labute approximate surface area is 115 Å². The number of carbonyl (C=O) groups is 1. The first-order valence-electron chi connectivity index (χ1n) is 6.71. The third kappa shape index (κ3) is 6.07. The third-order valence-electron chi connectivity index (χ3n) is 3.12. The summed E-state index contributed by atoms with van der Waals surface area (Å²) in [5, 5.41) is 3.04. The molecule has 0 radical (unpaired) electrons. The Morgan fingerprint density at radius 1 is 1.39 bits per heavy atom. The van der Waals surface area contributed by atoms with Gasteiger partial charge in [-0.3, -0.25) is 9.69 Å². The van der Waals surface area contributed by atoms with Gasteiger partial charge in [0.2, 0.25) is 5.91 Å². The molecule has 1 atom stereocenters. The minimum Gasteiger partial charge on any atom is -0.379 e. The molecule has 1 fully saturated rings. The highest BCUT2D eigenvalue weighted by Crippen LogP contribution is 2.13. The summed E-state index contributed by atoms with van der Waals surface area (Å²) in [4.78, 5) is 14.0. The molecule has 1 aliphatic rings. The van der Waals surface area contributed by atoms with Crippen molar-refractivity contribution in [3.63, 3.8) is 0 Å². The van der Waals surface area contributed by atoms with Crippen LogP contribution >= 0.6 is 11.8 Å². The van der Waals surface area contributed by atoms with Crippen molar-refractivity contribution in [2.45, 2.75) is 26.3 Å². The van der Waals surface area contributed by atoms with Crippen molar-refractivity contribution in [1.29, 1.82) is 0 Å². The first-order chi connectivity index (χ1) is 8.63. The molecule has 0 aromatic heterocycles. The number of nitrogens with zero attached hydrogens (tertiary/aromatic N) is 1. The molecule has 0 spiro atoms. The molecule has 0 bridgehead atoms. The standard InChI is InChI=1S/C13H26N2O2S/c1-11(2)8-12(9-14-13(16)10-18-3)15-4-6-17-7-5-15/h11-12H,4-10H2,1-3H3,(H,14,16). The van der Waals surface area contributed by atoms with Crippen LogP contribution in [0.4, 0.5) is 0 Å². The van der Waals surface area contributed by atoms with Crippen LogP contribution in [0, 0.1) is 5.92 Å². The van der Waals surface area contributed by atoms with E-state index >= 15 is 0 Å². The first kappa shape index (κ1) is 15.8. The molecule has 0 aromatic rings. The van der Waals surface area contributed by atoms with Crippen LogP contribution in [-0.4, -0.2) is 61.7 Å². The summed E-state index contributed by atoms with van der Waals surface area (Å²) in [5.74, 6) is 1.34. The second-order valence-electron chi connectivity index (χ2n) is 5.17. The van der Waals surface area contributed by atoms with Gasteiger partial charge >= 0.3 is 0 Å². The fourth-order valence-corrected chi connectivity index (χ4v) is 2.63. The van der Waals surface area contributed by atoms with Gasteiger partial charge in [0.25, 0.3) is 0 Å². The van der Waals surface area contributed by atoms with Crippen LogP contribution < -0.4 is 5.32 Å². The summed E-state index contributed by atoms with van der Waals surface area (Å²) in [6.07, 6.45) is 3.08. The van der Waals surface area contributed by atoms with Gasteiger partial charge in [0, 0.05) is 25.7 Å². The smallest absolute Gasteiger partial charge is 0.230 e. The Bertz CT molecular complexity index is 243. The van der Waals surface area contributed by atoms with E-state index in [1.54, 1.807) is 11.8 Å². The normalized spacial score (nSPS) is 18.9. The fraction of sp³-hybridized carbons (Fsp3) is 0.923. The van der Waals surface area contributed by atoms with Crippen LogP contribution in [0.25, 0.3) is 0 Å². The summed E-state index contributed by atoms with van der Waals surface area (Å²) >= 11 is 1.57. The average molecular weight is 274 g/mol. The van der Waals surface area contributed by atoms with Gasteiger partial charge in [-0.1, -0.05) is 13.8 Å². The van der Waals surface area contributed by atoms with Crippen LogP contribution in [0.1, 0.15) is 20.3 Å². The second kappa shape index (κ2) is 8.77. The Hall–Kier alpha value is -0.260. The lowest BCUT2D eigenvalue weighted by Crippen LogP contribution is -2.49. The number of hydrogen-bond donors (Lipinski definition) is 1. The minimum atomic E-state index is 0.143. The maximum atomic E-state index is 11.5. The first-order valence-corrected chi connectivity index (χ1v) is 8.10. The van der Waals surface area contributed by atoms with Gasteiger partial charge < -0.3 is 10.1 Å². The third-order valence-corrected chi connectivity index (χ3v) is 3.67. The van der Waals surface area contributed by atoms with Crippen molar-refractivity contribution >= 4 is 17.7 Å². The zero-order chi connectivity index (χ0) is 13.4. The van der Waals surface area contributed by atoms with Crippen molar-refractivity contribution in [2.75, 3.05) is 44.9 Å². The molecule has 1 aliphatic heterocycles. The number of rotatable bonds is 7. The summed E-state index contributed by atoms with van der Waals surface area (Å²) in [6, 6.07) is 0.444. The fourth-order valence-electron chi connectivity index (χ4n) is 2.26. The second-order valence-corrected chi connectivity index (χ2v) is 6.03. The predicted octanol–water partition coefficient (Wildman–Crippen LogP) is 1.21. The van der Waals surface area contributed by atoms with Gasteiger partial charge in [-0.25, -0.2) is 0 Å². The molecule has 1 saturated heterocycles. The van der Waals surface area contributed by atoms with Gasteiger partial charge in [-0.05, 0) is 18.6 Å². The number of hydrogen-bond acceptors (Lipinski definition) is 4. The zero-order valence-corrected chi connectivity index (χ0v) is 12.6.